The van der Waals surface area contributed by atoms with Crippen LogP contribution in [0.1, 0.15) is 48.2 Å². The molecule has 194 valence electrons. The summed E-state index contributed by atoms with van der Waals surface area (Å²) in [4.78, 5) is 13.3. The molecular weight excluding hydrogens is 543 g/mol. The Morgan fingerprint density at radius 1 is 1.19 bits per heavy atom. The summed E-state index contributed by atoms with van der Waals surface area (Å²) in [6.45, 7) is 1.23. The van der Waals surface area contributed by atoms with Crippen molar-refractivity contribution in [1.82, 2.24) is 39.7 Å². The van der Waals surface area contributed by atoms with Crippen molar-refractivity contribution in [3.63, 3.8) is 0 Å². The first kappa shape index (κ1) is 24.8. The summed E-state index contributed by atoms with van der Waals surface area (Å²) >= 11 is 13.5. The molecule has 3 N–H and O–H groups in total. The van der Waals surface area contributed by atoms with Crippen LogP contribution in [0.5, 0.6) is 0 Å². The Bertz CT molecular complexity index is 1440. The Kier molecular flexibility index (Phi) is 6.47. The Labute approximate surface area is 224 Å². The molecular formula is C22H22Cl2N8O4S. The number of thiazole rings is 1. The molecule has 5 atom stereocenters. The summed E-state index contributed by atoms with van der Waals surface area (Å²) in [5.74, 6) is 1.02. The number of halogens is 2. The van der Waals surface area contributed by atoms with E-state index in [2.05, 4.69) is 30.4 Å². The zero-order valence-electron chi connectivity index (χ0n) is 19.4. The number of pyridine rings is 1. The molecule has 6 rings (SSSR count). The van der Waals surface area contributed by atoms with Gasteiger partial charge in [0.1, 0.15) is 52.1 Å². The number of ether oxygens (including phenoxy) is 1. The molecule has 4 aromatic rings. The normalized spacial score (nSPS) is 26.1. The van der Waals surface area contributed by atoms with Gasteiger partial charge in [-0.1, -0.05) is 28.4 Å². The van der Waals surface area contributed by atoms with Gasteiger partial charge in [-0.25, -0.2) is 19.3 Å². The number of aliphatic hydroxyl groups excluding tert-OH is 3. The molecule has 0 bridgehead atoms. The van der Waals surface area contributed by atoms with Gasteiger partial charge in [-0.3, -0.25) is 4.98 Å². The van der Waals surface area contributed by atoms with Crippen molar-refractivity contribution in [2.45, 2.75) is 56.1 Å². The molecule has 4 aromatic heterocycles. The molecule has 2 aliphatic rings. The van der Waals surface area contributed by atoms with Crippen molar-refractivity contribution in [2.24, 2.45) is 0 Å². The molecule has 0 aromatic carbocycles. The monoisotopic (exact) mass is 564 g/mol. The number of aromatic nitrogens is 8. The smallest absolute Gasteiger partial charge is 0.164 e. The Balaban J connectivity index is 1.40. The summed E-state index contributed by atoms with van der Waals surface area (Å²) < 4.78 is 8.92. The van der Waals surface area contributed by atoms with E-state index in [0.29, 0.717) is 38.2 Å². The van der Waals surface area contributed by atoms with Gasteiger partial charge in [0.25, 0.3) is 0 Å². The SMILES string of the molecule is Cc1nc([C@@H]2OC(CO)[C@H](O)[C@H](n3cc(-c4nc(Cl)cs4)nn3)C2O)n(-c2cc(Cl)cnc2C2CC2)n1. The van der Waals surface area contributed by atoms with Crippen LogP contribution in [0.2, 0.25) is 10.2 Å². The first-order valence-electron chi connectivity index (χ1n) is 11.6. The van der Waals surface area contributed by atoms with Crippen LogP contribution in [0.25, 0.3) is 16.4 Å². The average Bonchev–Trinajstić information content (AvgIpc) is 3.24. The Morgan fingerprint density at radius 2 is 2.00 bits per heavy atom. The lowest BCUT2D eigenvalue weighted by atomic mass is 9.92. The Morgan fingerprint density at radius 3 is 2.70 bits per heavy atom. The van der Waals surface area contributed by atoms with Crippen LogP contribution in [-0.2, 0) is 4.74 Å². The molecule has 2 fully saturated rings. The van der Waals surface area contributed by atoms with Crippen molar-refractivity contribution >= 4 is 34.5 Å². The molecule has 0 amide bonds. The van der Waals surface area contributed by atoms with Gasteiger partial charge >= 0.3 is 0 Å². The zero-order valence-corrected chi connectivity index (χ0v) is 21.7. The molecule has 12 nitrogen and oxygen atoms in total. The van der Waals surface area contributed by atoms with E-state index >= 15 is 0 Å². The first-order chi connectivity index (χ1) is 17.8. The lowest BCUT2D eigenvalue weighted by molar-refractivity contribution is -0.210. The van der Waals surface area contributed by atoms with Crippen LogP contribution in [0.15, 0.2) is 23.8 Å². The lowest BCUT2D eigenvalue weighted by Gasteiger charge is -2.41. The van der Waals surface area contributed by atoms with E-state index < -0.39 is 37.1 Å². The van der Waals surface area contributed by atoms with Crippen molar-refractivity contribution in [2.75, 3.05) is 6.61 Å². The largest absolute Gasteiger partial charge is 0.394 e. The lowest BCUT2D eigenvalue weighted by Crippen LogP contribution is -2.53. The summed E-state index contributed by atoms with van der Waals surface area (Å²) in [7, 11) is 0. The van der Waals surface area contributed by atoms with Crippen LogP contribution in [0.3, 0.4) is 0 Å². The maximum atomic E-state index is 11.5. The van der Waals surface area contributed by atoms with Gasteiger partial charge < -0.3 is 20.1 Å². The maximum absolute atomic E-state index is 11.5. The third kappa shape index (κ3) is 4.54. The second-order valence-electron chi connectivity index (χ2n) is 9.07. The topological polar surface area (TPSA) is 157 Å². The van der Waals surface area contributed by atoms with Crippen molar-refractivity contribution in [1.29, 1.82) is 0 Å². The van der Waals surface area contributed by atoms with E-state index in [4.69, 9.17) is 27.9 Å². The Hall–Kier alpha value is -2.52. The minimum absolute atomic E-state index is 0.287. The highest BCUT2D eigenvalue weighted by Crippen LogP contribution is 2.43. The summed E-state index contributed by atoms with van der Waals surface area (Å²) in [6, 6.07) is 0.742. The van der Waals surface area contributed by atoms with Gasteiger partial charge in [-0.15, -0.1) is 16.4 Å². The fourth-order valence-electron chi connectivity index (χ4n) is 4.59. The summed E-state index contributed by atoms with van der Waals surface area (Å²) in [5.41, 5.74) is 1.91. The number of aliphatic hydroxyl groups is 3. The minimum Gasteiger partial charge on any atom is -0.394 e. The fourth-order valence-corrected chi connectivity index (χ4v) is 5.64. The van der Waals surface area contributed by atoms with Gasteiger partial charge in [0.2, 0.25) is 0 Å². The van der Waals surface area contributed by atoms with Gasteiger partial charge in [0, 0.05) is 17.5 Å². The highest BCUT2D eigenvalue weighted by molar-refractivity contribution is 7.13. The second-order valence-corrected chi connectivity index (χ2v) is 10.8. The standard InChI is InChI=1S/C22H22Cl2N8O4S/c1-9-26-21(32(29-9)13-4-11(23)5-25-16(13)10-2-3-10)20-19(35)17(18(34)14(7-33)36-20)31-6-12(28-30-31)22-27-15(24)8-37-22/h4-6,8,10,14,17-20,33-35H,2-3,7H2,1H3/t14?,17-,18-,19?,20+/m0/s1. The highest BCUT2D eigenvalue weighted by atomic mass is 35.5. The van der Waals surface area contributed by atoms with Gasteiger partial charge in [0.15, 0.2) is 5.82 Å². The second kappa shape index (κ2) is 9.66. The molecule has 0 spiro atoms. The quantitative estimate of drug-likeness (QED) is 0.317. The van der Waals surface area contributed by atoms with Gasteiger partial charge in [-0.05, 0) is 25.8 Å². The number of nitrogens with zero attached hydrogens (tertiary/aromatic N) is 8. The van der Waals surface area contributed by atoms with Crippen LogP contribution in [0, 0.1) is 6.92 Å². The minimum atomic E-state index is -1.33. The molecule has 0 radical (unpaired) electrons. The zero-order chi connectivity index (χ0) is 25.8. The van der Waals surface area contributed by atoms with E-state index in [1.165, 1.54) is 16.0 Å². The van der Waals surface area contributed by atoms with Crippen LogP contribution >= 0.6 is 34.5 Å². The van der Waals surface area contributed by atoms with E-state index in [-0.39, 0.29) is 5.92 Å². The van der Waals surface area contributed by atoms with Crippen LogP contribution in [-0.4, -0.2) is 80.0 Å². The third-order valence-corrected chi connectivity index (χ3v) is 7.85. The van der Waals surface area contributed by atoms with Crippen LogP contribution in [0.4, 0.5) is 0 Å². The summed E-state index contributed by atoms with van der Waals surface area (Å²) in [6.07, 6.45) is 0.445. The van der Waals surface area contributed by atoms with E-state index in [0.717, 1.165) is 18.5 Å². The van der Waals surface area contributed by atoms with Crippen LogP contribution < -0.4 is 0 Å². The molecule has 1 aliphatic carbocycles. The summed E-state index contributed by atoms with van der Waals surface area (Å²) in [5, 5.41) is 48.3. The molecule has 1 saturated heterocycles. The number of hydrogen-bond acceptors (Lipinski definition) is 11. The van der Waals surface area contributed by atoms with Crippen molar-refractivity contribution in [3.05, 3.63) is 51.4 Å². The molecule has 37 heavy (non-hydrogen) atoms. The first-order valence-corrected chi connectivity index (χ1v) is 13.2. The molecule has 1 aliphatic heterocycles. The third-order valence-electron chi connectivity index (χ3n) is 6.45. The van der Waals surface area contributed by atoms with Crippen molar-refractivity contribution in [3.8, 4) is 16.4 Å². The fraction of sp³-hybridized carbons (Fsp3) is 0.455. The average molecular weight is 565 g/mol. The highest BCUT2D eigenvalue weighted by Gasteiger charge is 2.48. The number of hydrogen-bond donors (Lipinski definition) is 3. The molecule has 1 saturated carbocycles. The maximum Gasteiger partial charge on any atom is 0.164 e. The molecule has 15 heteroatoms. The predicted octanol–water partition coefficient (Wildman–Crippen LogP) is 2.27. The number of rotatable bonds is 6. The van der Waals surface area contributed by atoms with E-state index in [9.17, 15) is 15.3 Å². The van der Waals surface area contributed by atoms with Crippen molar-refractivity contribution < 1.29 is 20.1 Å². The number of aryl methyl sites for hydroxylation is 1. The van der Waals surface area contributed by atoms with E-state index in [1.807, 2.05) is 0 Å². The predicted molar refractivity (Wildman–Crippen MR) is 133 cm³/mol. The van der Waals surface area contributed by atoms with Gasteiger partial charge in [0.05, 0.1) is 29.2 Å². The molecule has 5 heterocycles. The van der Waals surface area contributed by atoms with Gasteiger partial charge in [-0.2, -0.15) is 5.10 Å². The molecule has 2 unspecified atom stereocenters. The van der Waals surface area contributed by atoms with E-state index in [1.54, 1.807) is 35.4 Å².